The summed E-state index contributed by atoms with van der Waals surface area (Å²) in [6, 6.07) is 0. The fourth-order valence-electron chi connectivity index (χ4n) is 0.0945. The van der Waals surface area contributed by atoms with Crippen LogP contribution in [-0.2, 0) is 4.65 Å². The minimum absolute atomic E-state index is 1.38. The molecule has 0 aliphatic carbocycles. The molecule has 40 valence electrons. The van der Waals surface area contributed by atoms with Crippen LogP contribution in [0.4, 0.5) is 13.2 Å². The third-order valence-corrected chi connectivity index (χ3v) is 0.247. The maximum absolute atomic E-state index is 10.9. The molecule has 0 spiro atoms. The molecule has 0 aromatic carbocycles. The predicted molar refractivity (Wildman–Crippen MR) is 17.8 cm³/mol. The number of rotatable bonds is 1. The first-order valence-electron chi connectivity index (χ1n) is 1.44. The minimum Gasteiger partial charge on any atom is -0.440 e. The lowest BCUT2D eigenvalue weighted by Crippen LogP contribution is -2.15. The van der Waals surface area contributed by atoms with E-state index in [0.717, 1.165) is 0 Å². The van der Waals surface area contributed by atoms with Gasteiger partial charge in [-0.3, -0.25) is 0 Å². The van der Waals surface area contributed by atoms with Crippen LogP contribution in [-0.4, -0.2) is 20.8 Å². The summed E-state index contributed by atoms with van der Waals surface area (Å²) in [6.07, 6.45) is -4.30. The zero-order valence-corrected chi connectivity index (χ0v) is 3.33. The van der Waals surface area contributed by atoms with Gasteiger partial charge in [0.25, 0.3) is 8.05 Å². The van der Waals surface area contributed by atoms with Gasteiger partial charge in [0.2, 0.25) is 0 Å². The molecule has 0 N–H and O–H groups in total. The molecule has 0 aromatic rings. The van der Waals surface area contributed by atoms with E-state index in [1.165, 1.54) is 0 Å². The first kappa shape index (κ1) is 6.81. The van der Waals surface area contributed by atoms with Crippen LogP contribution < -0.4 is 0 Å². The quantitative estimate of drug-likeness (QED) is 0.450. The molecule has 5 heteroatoms. The molecule has 0 atom stereocenters. The minimum atomic E-state index is -4.30. The first-order chi connectivity index (χ1) is 3.06. The van der Waals surface area contributed by atoms with E-state index in [4.69, 9.17) is 0 Å². The predicted octanol–water partition coefficient (Wildman–Crippen LogP) is 0.649. The van der Waals surface area contributed by atoms with E-state index in [1.807, 2.05) is 0 Å². The Morgan fingerprint density at radius 1 is 1.43 bits per heavy atom. The number of hydrogen-bond donors (Lipinski definition) is 0. The van der Waals surface area contributed by atoms with E-state index in [-0.39, 0.29) is 0 Å². The summed E-state index contributed by atoms with van der Waals surface area (Å²) in [5.41, 5.74) is 0. The highest BCUT2D eigenvalue weighted by atomic mass is 19.4. The molecule has 2 radical (unpaired) electrons. The molecule has 0 aliphatic heterocycles. The van der Waals surface area contributed by atoms with Crippen molar-refractivity contribution in [3.05, 3.63) is 0 Å². The monoisotopic (exact) mass is 110 g/mol. The third kappa shape index (κ3) is 5.81. The lowest BCUT2D eigenvalue weighted by atomic mass is 10.5. The number of hydrogen-bond acceptors (Lipinski definition) is 1. The maximum atomic E-state index is 10.9. The molecule has 0 aromatic heterocycles. The number of alkyl halides is 3. The average molecular weight is 110 g/mol. The molecule has 0 amide bonds. The van der Waals surface area contributed by atoms with Crippen LogP contribution in [0.2, 0.25) is 0 Å². The van der Waals surface area contributed by atoms with Crippen molar-refractivity contribution < 1.29 is 17.8 Å². The summed E-state index contributed by atoms with van der Waals surface area (Å²) in [6.45, 7) is -1.38. The van der Waals surface area contributed by atoms with Crippen LogP contribution >= 0.6 is 0 Å². The van der Waals surface area contributed by atoms with Gasteiger partial charge < -0.3 is 4.65 Å². The summed E-state index contributed by atoms with van der Waals surface area (Å²) in [7, 11) is 4.09. The summed E-state index contributed by atoms with van der Waals surface area (Å²) in [5, 5.41) is 0. The number of halogens is 3. The van der Waals surface area contributed by atoms with E-state index in [1.54, 1.807) is 0 Å². The fourth-order valence-corrected chi connectivity index (χ4v) is 0.0945. The van der Waals surface area contributed by atoms with E-state index in [0.29, 0.717) is 0 Å². The second kappa shape index (κ2) is 2.21. The van der Waals surface area contributed by atoms with Crippen molar-refractivity contribution in [1.29, 1.82) is 0 Å². The Labute approximate surface area is 39.9 Å². The van der Waals surface area contributed by atoms with Crippen molar-refractivity contribution in [3.63, 3.8) is 0 Å². The molecule has 0 aliphatic rings. The Balaban J connectivity index is 3.15. The van der Waals surface area contributed by atoms with Gasteiger partial charge in [0, 0.05) is 0 Å². The normalized spacial score (nSPS) is 11.9. The topological polar surface area (TPSA) is 9.23 Å². The van der Waals surface area contributed by atoms with Crippen molar-refractivity contribution in [3.8, 4) is 0 Å². The molecule has 0 rings (SSSR count). The van der Waals surface area contributed by atoms with E-state index in [2.05, 4.69) is 12.7 Å². The van der Waals surface area contributed by atoms with Crippen LogP contribution in [0.5, 0.6) is 0 Å². The van der Waals surface area contributed by atoms with Gasteiger partial charge in [-0.05, 0) is 0 Å². The maximum Gasteiger partial charge on any atom is 0.410 e. The molecule has 0 saturated heterocycles. The summed E-state index contributed by atoms with van der Waals surface area (Å²) in [4.78, 5) is 0. The lowest BCUT2D eigenvalue weighted by Gasteiger charge is -2.01. The highest BCUT2D eigenvalue weighted by Crippen LogP contribution is 2.13. The van der Waals surface area contributed by atoms with Crippen molar-refractivity contribution >= 4 is 8.05 Å². The van der Waals surface area contributed by atoms with Crippen LogP contribution in [0.25, 0.3) is 0 Å². The smallest absolute Gasteiger partial charge is 0.410 e. The van der Waals surface area contributed by atoms with Crippen molar-refractivity contribution in [2.24, 2.45) is 0 Å². The second-order valence-corrected chi connectivity index (χ2v) is 0.926. The standard InChI is InChI=1S/C2H2BF3O/c3-7-1-2(4,5)6/h1H2. The Morgan fingerprint density at radius 3 is 1.86 bits per heavy atom. The van der Waals surface area contributed by atoms with Crippen molar-refractivity contribution in [1.82, 2.24) is 0 Å². The SMILES string of the molecule is [B]OCC(F)(F)F. The average Bonchev–Trinajstić information content (AvgIpc) is 1.30. The Kier molecular flexibility index (Phi) is 2.15. The molecule has 1 nitrogen and oxygen atoms in total. The molecule has 0 unspecified atom stereocenters. The van der Waals surface area contributed by atoms with Crippen LogP contribution in [0.3, 0.4) is 0 Å². The van der Waals surface area contributed by atoms with Gasteiger partial charge in [-0.15, -0.1) is 0 Å². The Morgan fingerprint density at radius 2 is 1.86 bits per heavy atom. The Hall–Kier alpha value is -0.185. The lowest BCUT2D eigenvalue weighted by molar-refractivity contribution is -0.152. The van der Waals surface area contributed by atoms with Gasteiger partial charge in [0.1, 0.15) is 6.61 Å². The highest BCUT2D eigenvalue weighted by molar-refractivity contribution is 5.97. The van der Waals surface area contributed by atoms with Crippen LogP contribution in [0, 0.1) is 0 Å². The molecule has 0 heterocycles. The van der Waals surface area contributed by atoms with Gasteiger partial charge in [-0.1, -0.05) is 0 Å². The molecular weight excluding hydrogens is 108 g/mol. The van der Waals surface area contributed by atoms with E-state index in [9.17, 15) is 13.2 Å². The Bertz CT molecular complexity index is 51.4. The van der Waals surface area contributed by atoms with Crippen molar-refractivity contribution in [2.45, 2.75) is 6.18 Å². The molecule has 7 heavy (non-hydrogen) atoms. The third-order valence-electron chi connectivity index (χ3n) is 0.247. The first-order valence-corrected chi connectivity index (χ1v) is 1.44. The van der Waals surface area contributed by atoms with Crippen LogP contribution in [0.15, 0.2) is 0 Å². The summed E-state index contributed by atoms with van der Waals surface area (Å²) >= 11 is 0. The zero-order chi connectivity index (χ0) is 5.91. The molecule has 0 bridgehead atoms. The molecular formula is C2H2BF3O. The van der Waals surface area contributed by atoms with Gasteiger partial charge in [-0.25, -0.2) is 0 Å². The fraction of sp³-hybridized carbons (Fsp3) is 1.00. The summed E-state index contributed by atoms with van der Waals surface area (Å²) in [5.74, 6) is 0. The van der Waals surface area contributed by atoms with Crippen LogP contribution in [0.1, 0.15) is 0 Å². The zero-order valence-electron chi connectivity index (χ0n) is 3.33. The highest BCUT2D eigenvalue weighted by Gasteiger charge is 2.25. The van der Waals surface area contributed by atoms with Gasteiger partial charge >= 0.3 is 6.18 Å². The summed E-state index contributed by atoms with van der Waals surface area (Å²) < 4.78 is 35.8. The van der Waals surface area contributed by atoms with Gasteiger partial charge in [0.05, 0.1) is 0 Å². The largest absolute Gasteiger partial charge is 0.440 e. The second-order valence-electron chi connectivity index (χ2n) is 0.926. The van der Waals surface area contributed by atoms with Gasteiger partial charge in [0.15, 0.2) is 0 Å². The molecule has 0 fully saturated rings. The van der Waals surface area contributed by atoms with Crippen molar-refractivity contribution in [2.75, 3.05) is 6.61 Å². The van der Waals surface area contributed by atoms with Gasteiger partial charge in [-0.2, -0.15) is 13.2 Å². The van der Waals surface area contributed by atoms with E-state index < -0.39 is 12.8 Å². The van der Waals surface area contributed by atoms with E-state index >= 15 is 0 Å². The molecule has 0 saturated carbocycles.